The fourth-order valence-electron chi connectivity index (χ4n) is 2.33. The molecular weight excluding hydrogens is 262 g/mol. The number of morpholine rings is 1. The van der Waals surface area contributed by atoms with E-state index in [4.69, 9.17) is 4.74 Å². The van der Waals surface area contributed by atoms with Crippen LogP contribution in [0.1, 0.15) is 34.0 Å². The Hall–Kier alpha value is -0.910. The molecule has 1 amide bonds. The minimum absolute atomic E-state index is 0.0415. The number of aliphatic hydroxyl groups is 1. The van der Waals surface area contributed by atoms with Gasteiger partial charge in [-0.05, 0) is 31.9 Å². The standard InChI is InChI=1S/C14H21NO3S/c1-4-12-9(2)5-13(19-12)14(17)15-6-11(7-16)18-8-10(15)3/h5,10-11,16H,4,6-8H2,1-3H3. The van der Waals surface area contributed by atoms with Crippen molar-refractivity contribution in [3.05, 3.63) is 21.4 Å². The van der Waals surface area contributed by atoms with Crippen molar-refractivity contribution in [2.24, 2.45) is 0 Å². The highest BCUT2D eigenvalue weighted by atomic mass is 32.1. The lowest BCUT2D eigenvalue weighted by molar-refractivity contribution is -0.0666. The van der Waals surface area contributed by atoms with Crippen molar-refractivity contribution < 1.29 is 14.6 Å². The fraction of sp³-hybridized carbons (Fsp3) is 0.643. The molecule has 1 saturated heterocycles. The van der Waals surface area contributed by atoms with Crippen LogP contribution in [0.5, 0.6) is 0 Å². The topological polar surface area (TPSA) is 49.8 Å². The molecule has 0 aromatic carbocycles. The lowest BCUT2D eigenvalue weighted by atomic mass is 10.2. The van der Waals surface area contributed by atoms with Crippen LogP contribution in [0, 0.1) is 6.92 Å². The number of hydrogen-bond donors (Lipinski definition) is 1. The molecule has 1 aromatic rings. The van der Waals surface area contributed by atoms with E-state index in [1.54, 1.807) is 11.3 Å². The van der Waals surface area contributed by atoms with Crippen molar-refractivity contribution in [1.29, 1.82) is 0 Å². The monoisotopic (exact) mass is 283 g/mol. The van der Waals surface area contributed by atoms with Crippen molar-refractivity contribution in [2.45, 2.75) is 39.3 Å². The number of amides is 1. The van der Waals surface area contributed by atoms with Gasteiger partial charge in [-0.25, -0.2) is 0 Å². The number of carbonyl (C=O) groups is 1. The first-order valence-corrected chi connectivity index (χ1v) is 7.51. The first-order valence-electron chi connectivity index (χ1n) is 6.69. The quantitative estimate of drug-likeness (QED) is 0.921. The Bertz CT molecular complexity index is 458. The molecule has 0 aliphatic carbocycles. The van der Waals surface area contributed by atoms with Gasteiger partial charge in [-0.1, -0.05) is 6.92 Å². The normalized spacial score (nSPS) is 23.7. The third-order valence-corrected chi connectivity index (χ3v) is 4.89. The molecule has 19 heavy (non-hydrogen) atoms. The smallest absolute Gasteiger partial charge is 0.264 e. The molecule has 1 N–H and O–H groups in total. The van der Waals surface area contributed by atoms with Crippen LogP contribution in [0.3, 0.4) is 0 Å². The van der Waals surface area contributed by atoms with E-state index in [2.05, 4.69) is 6.92 Å². The molecule has 5 heteroatoms. The number of aryl methyl sites for hydroxylation is 2. The van der Waals surface area contributed by atoms with E-state index < -0.39 is 0 Å². The molecule has 4 nitrogen and oxygen atoms in total. The number of carbonyl (C=O) groups excluding carboxylic acids is 1. The summed E-state index contributed by atoms with van der Waals surface area (Å²) in [5.74, 6) is 0.0575. The number of ether oxygens (including phenoxy) is 1. The van der Waals surface area contributed by atoms with Crippen LogP contribution in [-0.4, -0.2) is 47.8 Å². The van der Waals surface area contributed by atoms with E-state index in [9.17, 15) is 9.90 Å². The average Bonchev–Trinajstić information content (AvgIpc) is 2.80. The highest BCUT2D eigenvalue weighted by Crippen LogP contribution is 2.25. The molecule has 2 unspecified atom stereocenters. The Labute approximate surface area is 118 Å². The average molecular weight is 283 g/mol. The van der Waals surface area contributed by atoms with Gasteiger partial charge in [0.2, 0.25) is 0 Å². The fourth-order valence-corrected chi connectivity index (χ4v) is 3.40. The Morgan fingerprint density at radius 3 is 2.95 bits per heavy atom. The maximum absolute atomic E-state index is 12.6. The van der Waals surface area contributed by atoms with Gasteiger partial charge in [0.25, 0.3) is 5.91 Å². The Morgan fingerprint density at radius 2 is 2.37 bits per heavy atom. The zero-order valence-corrected chi connectivity index (χ0v) is 12.5. The lowest BCUT2D eigenvalue weighted by Gasteiger charge is -2.37. The molecule has 106 valence electrons. The zero-order valence-electron chi connectivity index (χ0n) is 11.7. The van der Waals surface area contributed by atoms with E-state index >= 15 is 0 Å². The van der Waals surface area contributed by atoms with Gasteiger partial charge in [-0.3, -0.25) is 4.79 Å². The van der Waals surface area contributed by atoms with Crippen LogP contribution in [0.25, 0.3) is 0 Å². The van der Waals surface area contributed by atoms with Gasteiger partial charge in [0.05, 0.1) is 30.2 Å². The molecule has 2 atom stereocenters. The second kappa shape index (κ2) is 6.03. The number of hydrogen-bond acceptors (Lipinski definition) is 4. The summed E-state index contributed by atoms with van der Waals surface area (Å²) < 4.78 is 5.47. The summed E-state index contributed by atoms with van der Waals surface area (Å²) in [5, 5.41) is 9.17. The molecule has 1 fully saturated rings. The van der Waals surface area contributed by atoms with Crippen LogP contribution in [0.4, 0.5) is 0 Å². The van der Waals surface area contributed by atoms with Crippen LogP contribution in [0.2, 0.25) is 0 Å². The van der Waals surface area contributed by atoms with Gasteiger partial charge in [0.1, 0.15) is 0 Å². The third kappa shape index (κ3) is 2.99. The van der Waals surface area contributed by atoms with Crippen molar-refractivity contribution in [3.63, 3.8) is 0 Å². The van der Waals surface area contributed by atoms with Gasteiger partial charge in [-0.2, -0.15) is 0 Å². The summed E-state index contributed by atoms with van der Waals surface area (Å²) in [6, 6.07) is 2.03. The predicted molar refractivity (Wildman–Crippen MR) is 75.8 cm³/mol. The molecule has 0 spiro atoms. The summed E-state index contributed by atoms with van der Waals surface area (Å²) in [4.78, 5) is 16.4. The van der Waals surface area contributed by atoms with Gasteiger partial charge < -0.3 is 14.7 Å². The van der Waals surface area contributed by atoms with E-state index in [0.29, 0.717) is 13.2 Å². The second-order valence-corrected chi connectivity index (χ2v) is 6.15. The highest BCUT2D eigenvalue weighted by Gasteiger charge is 2.30. The minimum atomic E-state index is -0.258. The predicted octanol–water partition coefficient (Wildman–Crippen LogP) is 1.84. The Balaban J connectivity index is 2.17. The lowest BCUT2D eigenvalue weighted by Crippen LogP contribution is -2.51. The molecule has 2 rings (SSSR count). The van der Waals surface area contributed by atoms with E-state index in [1.165, 1.54) is 10.4 Å². The molecule has 1 aliphatic heterocycles. The molecular formula is C14H21NO3S. The van der Waals surface area contributed by atoms with Crippen LogP contribution in [-0.2, 0) is 11.2 Å². The maximum atomic E-state index is 12.6. The van der Waals surface area contributed by atoms with Crippen LogP contribution in [0.15, 0.2) is 6.07 Å². The van der Waals surface area contributed by atoms with Crippen molar-refractivity contribution >= 4 is 17.2 Å². The van der Waals surface area contributed by atoms with Gasteiger partial charge in [0, 0.05) is 11.4 Å². The number of thiophene rings is 1. The third-order valence-electron chi connectivity index (χ3n) is 3.52. The minimum Gasteiger partial charge on any atom is -0.394 e. The molecule has 0 saturated carbocycles. The first-order chi connectivity index (χ1) is 9.06. The number of aliphatic hydroxyl groups excluding tert-OH is 1. The largest absolute Gasteiger partial charge is 0.394 e. The van der Waals surface area contributed by atoms with Crippen LogP contribution >= 0.6 is 11.3 Å². The van der Waals surface area contributed by atoms with Gasteiger partial charge in [-0.15, -0.1) is 11.3 Å². The summed E-state index contributed by atoms with van der Waals surface area (Å²) in [6.07, 6.45) is 0.702. The maximum Gasteiger partial charge on any atom is 0.264 e. The molecule has 1 aliphatic rings. The SMILES string of the molecule is CCc1sc(C(=O)N2CC(CO)OCC2C)cc1C. The summed E-state index contributed by atoms with van der Waals surface area (Å²) in [5.41, 5.74) is 1.19. The number of nitrogens with zero attached hydrogens (tertiary/aromatic N) is 1. The van der Waals surface area contributed by atoms with Crippen molar-refractivity contribution in [1.82, 2.24) is 4.90 Å². The first kappa shape index (κ1) is 14.5. The molecule has 1 aromatic heterocycles. The van der Waals surface area contributed by atoms with E-state index in [1.807, 2.05) is 24.8 Å². The van der Waals surface area contributed by atoms with Gasteiger partial charge >= 0.3 is 0 Å². The Kier molecular flexibility index (Phi) is 4.60. The summed E-state index contributed by atoms with van der Waals surface area (Å²) >= 11 is 1.58. The van der Waals surface area contributed by atoms with Crippen molar-refractivity contribution in [3.8, 4) is 0 Å². The highest BCUT2D eigenvalue weighted by molar-refractivity contribution is 7.14. The summed E-state index contributed by atoms with van der Waals surface area (Å²) in [7, 11) is 0. The second-order valence-electron chi connectivity index (χ2n) is 5.01. The molecule has 0 radical (unpaired) electrons. The van der Waals surface area contributed by atoms with Crippen LogP contribution < -0.4 is 0 Å². The van der Waals surface area contributed by atoms with E-state index in [-0.39, 0.29) is 24.7 Å². The van der Waals surface area contributed by atoms with Gasteiger partial charge in [0.15, 0.2) is 0 Å². The van der Waals surface area contributed by atoms with Crippen molar-refractivity contribution in [2.75, 3.05) is 19.8 Å². The summed E-state index contributed by atoms with van der Waals surface area (Å²) in [6.45, 7) is 7.04. The Morgan fingerprint density at radius 1 is 1.63 bits per heavy atom. The van der Waals surface area contributed by atoms with E-state index in [0.717, 1.165) is 11.3 Å². The zero-order chi connectivity index (χ0) is 14.0. The molecule has 2 heterocycles. The molecule has 0 bridgehead atoms. The number of rotatable bonds is 3.